The minimum absolute atomic E-state index is 0.0505. The Morgan fingerprint density at radius 2 is 1.55 bits per heavy atom. The maximum Gasteiger partial charge on any atom is 0.330 e. The molecule has 0 aromatic heterocycles. The Morgan fingerprint density at radius 1 is 0.891 bits per heavy atom. The standard InChI is InChI=1S/C39H58O16/c1-21(40)30-18-27-14-24(15-33(45)50-8)35(51-22(2)41)39(48,55-27)36(3,4)10-9-26-11-23(13-32(44)49-7)12-29(52-26)20-38(47)37(5,6)31(43)19-28(54-38)16-25(42)17-34(46)53-30/h9-10,13,15,21,25-31,35,40,42-43,47-48H,11-12,14,16-20H2,1-8H3/b10-9-,23-13+,24-15+/t21-,25-,26+,27+,28-,29+,30-,31+,35+,38+,39-/m1/s1. The Bertz CT molecular complexity index is 1510. The second kappa shape index (κ2) is 17.5. The number of hydrogen-bond acceptors (Lipinski definition) is 16. The van der Waals surface area contributed by atoms with Crippen molar-refractivity contribution in [1.29, 1.82) is 0 Å². The molecule has 55 heavy (non-hydrogen) atoms. The predicted molar refractivity (Wildman–Crippen MR) is 191 cm³/mol. The van der Waals surface area contributed by atoms with Crippen LogP contribution in [0.4, 0.5) is 0 Å². The van der Waals surface area contributed by atoms with Crippen LogP contribution in [0.1, 0.15) is 92.9 Å². The molecule has 0 aromatic rings. The first-order chi connectivity index (χ1) is 25.5. The second-order valence-electron chi connectivity index (χ2n) is 16.3. The molecular weight excluding hydrogens is 724 g/mol. The third-order valence-electron chi connectivity index (χ3n) is 11.2. The van der Waals surface area contributed by atoms with Crippen LogP contribution < -0.4 is 0 Å². The second-order valence-corrected chi connectivity index (χ2v) is 16.3. The Hall–Kier alpha value is -3.22. The molecular formula is C39H58O16. The SMILES string of the molecule is COC(=O)/C=C1/C[C@H]2C[C@]3(O)O[C@H](C[C@@H](O)CC(=O)O[C@@H]([C@@H](C)O)C[C@@H]4C/C(=C\C(=O)OC)[C@H](OC(C)=O)[C@@](O)(O4)C(C)(C)/C=C\[C@@H](C1)O2)C[C@H](O)C3(C)C. The van der Waals surface area contributed by atoms with Gasteiger partial charge in [-0.25, -0.2) is 9.59 Å². The van der Waals surface area contributed by atoms with Gasteiger partial charge in [0.1, 0.15) is 6.10 Å². The van der Waals surface area contributed by atoms with Crippen molar-refractivity contribution in [3.05, 3.63) is 35.5 Å². The summed E-state index contributed by atoms with van der Waals surface area (Å²) < 4.78 is 40.0. The summed E-state index contributed by atoms with van der Waals surface area (Å²) >= 11 is 0. The largest absolute Gasteiger partial charge is 0.466 e. The molecule has 4 aliphatic heterocycles. The fourth-order valence-electron chi connectivity index (χ4n) is 7.73. The van der Waals surface area contributed by atoms with Crippen molar-refractivity contribution < 1.29 is 77.9 Å². The van der Waals surface area contributed by atoms with Crippen LogP contribution in [0, 0.1) is 10.8 Å². The van der Waals surface area contributed by atoms with E-state index in [0.717, 1.165) is 20.1 Å². The van der Waals surface area contributed by atoms with Crippen LogP contribution in [-0.4, -0.2) is 130 Å². The number of rotatable bonds is 4. The quantitative estimate of drug-likeness (QED) is 0.118. The van der Waals surface area contributed by atoms with Gasteiger partial charge in [0.2, 0.25) is 5.79 Å². The van der Waals surface area contributed by atoms with E-state index in [0.29, 0.717) is 5.57 Å². The molecule has 0 amide bonds. The highest BCUT2D eigenvalue weighted by molar-refractivity contribution is 5.83. The van der Waals surface area contributed by atoms with Crippen LogP contribution in [0.25, 0.3) is 0 Å². The first-order valence-electron chi connectivity index (χ1n) is 18.6. The molecule has 3 saturated heterocycles. The van der Waals surface area contributed by atoms with Crippen LogP contribution in [0.2, 0.25) is 0 Å². The minimum Gasteiger partial charge on any atom is -0.466 e. The van der Waals surface area contributed by atoms with Gasteiger partial charge in [0.25, 0.3) is 0 Å². The van der Waals surface area contributed by atoms with Crippen LogP contribution >= 0.6 is 0 Å². The van der Waals surface area contributed by atoms with Gasteiger partial charge in [0.15, 0.2) is 11.9 Å². The zero-order valence-corrected chi connectivity index (χ0v) is 32.9. The number of cyclic esters (lactones) is 1. The number of aliphatic hydroxyl groups excluding tert-OH is 3. The molecule has 0 spiro atoms. The van der Waals surface area contributed by atoms with Gasteiger partial charge in [-0.3, -0.25) is 9.59 Å². The fourth-order valence-corrected chi connectivity index (χ4v) is 7.73. The summed E-state index contributed by atoms with van der Waals surface area (Å²) in [6.07, 6.45) is -4.87. The van der Waals surface area contributed by atoms with E-state index in [2.05, 4.69) is 0 Å². The molecule has 4 rings (SSSR count). The van der Waals surface area contributed by atoms with Gasteiger partial charge in [0, 0.05) is 55.6 Å². The van der Waals surface area contributed by atoms with E-state index in [9.17, 15) is 44.7 Å². The lowest BCUT2D eigenvalue weighted by Crippen LogP contribution is -2.62. The first kappa shape index (κ1) is 44.5. The number of carbonyl (C=O) groups is 4. The van der Waals surface area contributed by atoms with E-state index < -0.39 is 108 Å². The molecule has 0 unspecified atom stereocenters. The topological polar surface area (TPSA) is 234 Å². The van der Waals surface area contributed by atoms with Crippen LogP contribution in [0.3, 0.4) is 0 Å². The van der Waals surface area contributed by atoms with Gasteiger partial charge in [-0.15, -0.1) is 0 Å². The molecule has 3 fully saturated rings. The highest BCUT2D eigenvalue weighted by atomic mass is 16.7. The summed E-state index contributed by atoms with van der Waals surface area (Å²) in [5.41, 5.74) is -1.92. The van der Waals surface area contributed by atoms with Crippen molar-refractivity contribution in [2.75, 3.05) is 14.2 Å². The monoisotopic (exact) mass is 782 g/mol. The Morgan fingerprint density at radius 3 is 2.16 bits per heavy atom. The number of ether oxygens (including phenoxy) is 7. The summed E-state index contributed by atoms with van der Waals surface area (Å²) in [4.78, 5) is 50.6. The molecule has 5 N–H and O–H groups in total. The van der Waals surface area contributed by atoms with Gasteiger partial charge < -0.3 is 58.7 Å². The molecule has 0 saturated carbocycles. The van der Waals surface area contributed by atoms with Gasteiger partial charge >= 0.3 is 23.9 Å². The minimum atomic E-state index is -2.39. The summed E-state index contributed by atoms with van der Waals surface area (Å²) in [7, 11) is 2.41. The molecule has 16 heteroatoms. The van der Waals surface area contributed by atoms with Crippen molar-refractivity contribution in [2.45, 2.75) is 159 Å². The molecule has 16 nitrogen and oxygen atoms in total. The smallest absolute Gasteiger partial charge is 0.330 e. The van der Waals surface area contributed by atoms with Gasteiger partial charge in [-0.1, -0.05) is 45.4 Å². The van der Waals surface area contributed by atoms with E-state index in [1.807, 2.05) is 0 Å². The van der Waals surface area contributed by atoms with Crippen LogP contribution in [-0.2, 0) is 52.3 Å². The third kappa shape index (κ3) is 10.4. The van der Waals surface area contributed by atoms with Gasteiger partial charge in [0.05, 0.1) is 63.4 Å². The Labute approximate surface area is 321 Å². The van der Waals surface area contributed by atoms with E-state index in [4.69, 9.17) is 33.2 Å². The maximum absolute atomic E-state index is 13.2. The molecule has 0 aliphatic carbocycles. The number of carbonyl (C=O) groups excluding carboxylic acids is 4. The average molecular weight is 783 g/mol. The molecule has 4 aliphatic rings. The lowest BCUT2D eigenvalue weighted by atomic mass is 9.70. The van der Waals surface area contributed by atoms with Crippen molar-refractivity contribution in [1.82, 2.24) is 0 Å². The lowest BCUT2D eigenvalue weighted by molar-refractivity contribution is -0.348. The number of hydrogen-bond donors (Lipinski definition) is 5. The molecule has 4 heterocycles. The fraction of sp³-hybridized carbons (Fsp3) is 0.744. The van der Waals surface area contributed by atoms with Crippen LogP contribution in [0.5, 0.6) is 0 Å². The summed E-state index contributed by atoms with van der Waals surface area (Å²) in [6.45, 7) is 9.02. The summed E-state index contributed by atoms with van der Waals surface area (Å²) in [5.74, 6) is -7.44. The summed E-state index contributed by atoms with van der Waals surface area (Å²) in [6, 6.07) is 0. The lowest BCUT2D eigenvalue weighted by Gasteiger charge is -2.53. The molecule has 11 atom stereocenters. The molecule has 6 bridgehead atoms. The number of methoxy groups -OCH3 is 2. The molecule has 310 valence electrons. The van der Waals surface area contributed by atoms with E-state index in [-0.39, 0.29) is 50.5 Å². The highest BCUT2D eigenvalue weighted by Crippen LogP contribution is 2.49. The highest BCUT2D eigenvalue weighted by Gasteiger charge is 2.58. The zero-order valence-electron chi connectivity index (χ0n) is 32.9. The average Bonchev–Trinajstić information content (AvgIpc) is 3.06. The first-order valence-corrected chi connectivity index (χ1v) is 18.6. The number of aliphatic hydroxyl groups is 5. The number of esters is 4. The van der Waals surface area contributed by atoms with Crippen molar-refractivity contribution in [3.63, 3.8) is 0 Å². The number of fused-ring (bicyclic) bond motifs is 6. The van der Waals surface area contributed by atoms with Crippen molar-refractivity contribution >= 4 is 23.9 Å². The third-order valence-corrected chi connectivity index (χ3v) is 11.2. The maximum atomic E-state index is 13.2. The Balaban J connectivity index is 1.86. The van der Waals surface area contributed by atoms with E-state index in [1.54, 1.807) is 39.8 Å². The van der Waals surface area contributed by atoms with Gasteiger partial charge in [-0.05, 0) is 31.8 Å². The van der Waals surface area contributed by atoms with Gasteiger partial charge in [-0.2, -0.15) is 0 Å². The van der Waals surface area contributed by atoms with Crippen molar-refractivity contribution in [3.8, 4) is 0 Å². The Kier molecular flexibility index (Phi) is 14.2. The van der Waals surface area contributed by atoms with Crippen LogP contribution in [0.15, 0.2) is 35.5 Å². The van der Waals surface area contributed by atoms with Crippen molar-refractivity contribution in [2.24, 2.45) is 10.8 Å². The zero-order chi connectivity index (χ0) is 41.1. The summed E-state index contributed by atoms with van der Waals surface area (Å²) in [5, 5.41) is 57.6. The predicted octanol–water partition coefficient (Wildman–Crippen LogP) is 1.82. The molecule has 0 aromatic carbocycles. The van der Waals surface area contributed by atoms with E-state index >= 15 is 0 Å². The molecule has 0 radical (unpaired) electrons. The normalized spacial score (nSPS) is 39.5. The van der Waals surface area contributed by atoms with E-state index in [1.165, 1.54) is 20.1 Å².